The van der Waals surface area contributed by atoms with Crippen LogP contribution in [0.4, 0.5) is 0 Å². The number of carbonyl (C=O) groups excluding carboxylic acids is 2. The number of hydrogen-bond donors (Lipinski definition) is 1. The van der Waals surface area contributed by atoms with Crippen molar-refractivity contribution in [1.82, 2.24) is 10.2 Å². The molecule has 3 rings (SSSR count). The van der Waals surface area contributed by atoms with E-state index in [-0.39, 0.29) is 17.6 Å². The van der Waals surface area contributed by atoms with Gasteiger partial charge < -0.3 is 10.2 Å². The summed E-state index contributed by atoms with van der Waals surface area (Å²) in [5.74, 6) is 0.726. The van der Waals surface area contributed by atoms with E-state index in [1.165, 1.54) is 11.8 Å². The molecule has 1 N–H and O–H groups in total. The highest BCUT2D eigenvalue weighted by Gasteiger charge is 2.29. The molecule has 33 heavy (non-hydrogen) atoms. The molecule has 0 aliphatic rings. The van der Waals surface area contributed by atoms with Gasteiger partial charge in [0.2, 0.25) is 11.8 Å². The minimum atomic E-state index is -0.601. The predicted octanol–water partition coefficient (Wildman–Crippen LogP) is 5.27. The zero-order valence-electron chi connectivity index (χ0n) is 19.0. The van der Waals surface area contributed by atoms with Crippen molar-refractivity contribution in [3.05, 3.63) is 106 Å². The van der Waals surface area contributed by atoms with Gasteiger partial charge in [0.15, 0.2) is 0 Å². The monoisotopic (exact) mass is 480 g/mol. The van der Waals surface area contributed by atoms with E-state index in [0.717, 1.165) is 22.3 Å². The summed E-state index contributed by atoms with van der Waals surface area (Å²) in [5.41, 5.74) is 4.21. The molecular weight excluding hydrogens is 452 g/mol. The van der Waals surface area contributed by atoms with Gasteiger partial charge in [-0.1, -0.05) is 78.3 Å². The lowest BCUT2D eigenvalue weighted by molar-refractivity contribution is -0.139. The first-order chi connectivity index (χ1) is 16.0. The number of likely N-dealkylation sites (N-methyl/N-ethyl adjacent to an activating group) is 1. The third kappa shape index (κ3) is 7.37. The Morgan fingerprint density at radius 1 is 0.970 bits per heavy atom. The van der Waals surface area contributed by atoms with Crippen LogP contribution in [-0.4, -0.2) is 35.6 Å². The van der Waals surface area contributed by atoms with Gasteiger partial charge in [0, 0.05) is 30.8 Å². The first-order valence-electron chi connectivity index (χ1n) is 10.9. The number of aryl methyl sites for hydroxylation is 1. The van der Waals surface area contributed by atoms with Crippen LogP contribution in [0.25, 0.3) is 0 Å². The minimum absolute atomic E-state index is 0.0604. The molecule has 0 radical (unpaired) electrons. The summed E-state index contributed by atoms with van der Waals surface area (Å²) in [6, 6.07) is 24.8. The van der Waals surface area contributed by atoms with Crippen molar-refractivity contribution in [1.29, 1.82) is 0 Å². The lowest BCUT2D eigenvalue weighted by Gasteiger charge is -2.31. The lowest BCUT2D eigenvalue weighted by Crippen LogP contribution is -2.50. The van der Waals surface area contributed by atoms with E-state index >= 15 is 0 Å². The Hall–Kier alpha value is -2.76. The maximum atomic E-state index is 13.5. The highest BCUT2D eigenvalue weighted by molar-refractivity contribution is 7.99. The molecule has 0 aliphatic heterocycles. The van der Waals surface area contributed by atoms with E-state index in [1.807, 2.05) is 85.8 Å². The zero-order chi connectivity index (χ0) is 23.6. The van der Waals surface area contributed by atoms with Gasteiger partial charge in [-0.2, -0.15) is 0 Å². The summed E-state index contributed by atoms with van der Waals surface area (Å²) < 4.78 is 0. The highest BCUT2D eigenvalue weighted by atomic mass is 35.5. The van der Waals surface area contributed by atoms with Crippen molar-refractivity contribution < 1.29 is 9.59 Å². The van der Waals surface area contributed by atoms with Crippen molar-refractivity contribution in [2.24, 2.45) is 0 Å². The Kier molecular flexibility index (Phi) is 9.40. The number of benzene rings is 3. The Balaban J connectivity index is 1.82. The second-order valence-electron chi connectivity index (χ2n) is 7.89. The fourth-order valence-corrected chi connectivity index (χ4v) is 4.73. The SMILES string of the molecule is CNC(=O)[C@H](Cc1ccccc1)N(Cc1ccccc1C)C(=O)CSCc1cccc(Cl)c1. The molecule has 4 nitrogen and oxygen atoms in total. The van der Waals surface area contributed by atoms with Crippen LogP contribution >= 0.6 is 23.4 Å². The Bertz CT molecular complexity index is 1070. The molecule has 0 bridgehead atoms. The molecule has 0 unspecified atom stereocenters. The summed E-state index contributed by atoms with van der Waals surface area (Å²) >= 11 is 7.61. The molecule has 0 fully saturated rings. The second kappa shape index (κ2) is 12.5. The Morgan fingerprint density at radius 3 is 2.36 bits per heavy atom. The molecular formula is C27H29ClN2O2S. The number of carbonyl (C=O) groups is 2. The average molecular weight is 481 g/mol. The second-order valence-corrected chi connectivity index (χ2v) is 9.31. The van der Waals surface area contributed by atoms with Crippen LogP contribution in [0.5, 0.6) is 0 Å². The number of nitrogens with zero attached hydrogens (tertiary/aromatic N) is 1. The Morgan fingerprint density at radius 2 is 1.67 bits per heavy atom. The highest BCUT2D eigenvalue weighted by Crippen LogP contribution is 2.21. The van der Waals surface area contributed by atoms with Crippen LogP contribution in [0.15, 0.2) is 78.9 Å². The molecule has 0 spiro atoms. The summed E-state index contributed by atoms with van der Waals surface area (Å²) in [6.45, 7) is 2.41. The molecule has 0 heterocycles. The van der Waals surface area contributed by atoms with E-state index in [0.29, 0.717) is 23.7 Å². The van der Waals surface area contributed by atoms with Crippen molar-refractivity contribution in [3.8, 4) is 0 Å². The number of hydrogen-bond acceptors (Lipinski definition) is 3. The van der Waals surface area contributed by atoms with E-state index in [4.69, 9.17) is 11.6 Å². The molecule has 0 saturated carbocycles. The summed E-state index contributed by atoms with van der Waals surface area (Å²) in [6.07, 6.45) is 0.455. The van der Waals surface area contributed by atoms with Crippen LogP contribution in [0.3, 0.4) is 0 Å². The summed E-state index contributed by atoms with van der Waals surface area (Å²) in [7, 11) is 1.62. The van der Waals surface area contributed by atoms with Crippen molar-refractivity contribution in [2.75, 3.05) is 12.8 Å². The first-order valence-corrected chi connectivity index (χ1v) is 12.4. The molecule has 0 aliphatic carbocycles. The fraction of sp³-hybridized carbons (Fsp3) is 0.259. The fourth-order valence-electron chi connectivity index (χ4n) is 3.66. The number of thioether (sulfide) groups is 1. The molecule has 172 valence electrons. The lowest BCUT2D eigenvalue weighted by atomic mass is 10.0. The minimum Gasteiger partial charge on any atom is -0.357 e. The Labute approximate surface area is 205 Å². The van der Waals surface area contributed by atoms with Crippen molar-refractivity contribution in [2.45, 2.75) is 31.7 Å². The third-order valence-electron chi connectivity index (χ3n) is 5.50. The number of amides is 2. The maximum absolute atomic E-state index is 13.5. The smallest absolute Gasteiger partial charge is 0.242 e. The molecule has 2 amide bonds. The number of rotatable bonds is 10. The molecule has 6 heteroatoms. The van der Waals surface area contributed by atoms with E-state index in [2.05, 4.69) is 5.32 Å². The third-order valence-corrected chi connectivity index (χ3v) is 6.73. The van der Waals surface area contributed by atoms with E-state index < -0.39 is 6.04 Å². The summed E-state index contributed by atoms with van der Waals surface area (Å²) in [4.78, 5) is 28.1. The number of nitrogens with one attached hydrogen (secondary N) is 1. The standard InChI is InChI=1S/C27H29ClN2O2S/c1-20-9-6-7-13-23(20)17-30(25(27(32)29-2)16-21-10-4-3-5-11-21)26(31)19-33-18-22-12-8-14-24(28)15-22/h3-15,25H,16-19H2,1-2H3,(H,29,32)/t25-/m0/s1. The topological polar surface area (TPSA) is 49.4 Å². The van der Waals surface area contributed by atoms with Gasteiger partial charge in [-0.05, 0) is 41.3 Å². The average Bonchev–Trinajstić information content (AvgIpc) is 2.82. The van der Waals surface area contributed by atoms with Crippen LogP contribution in [0.2, 0.25) is 5.02 Å². The zero-order valence-corrected chi connectivity index (χ0v) is 20.5. The largest absolute Gasteiger partial charge is 0.357 e. The van der Waals surface area contributed by atoms with Gasteiger partial charge >= 0.3 is 0 Å². The molecule has 1 atom stereocenters. The van der Waals surface area contributed by atoms with Gasteiger partial charge in [0.1, 0.15) is 6.04 Å². The van der Waals surface area contributed by atoms with Gasteiger partial charge in [0.25, 0.3) is 0 Å². The van der Waals surface area contributed by atoms with Gasteiger partial charge in [0.05, 0.1) is 5.75 Å². The molecule has 0 saturated heterocycles. The first kappa shape index (κ1) is 24.9. The van der Waals surface area contributed by atoms with Crippen LogP contribution in [0.1, 0.15) is 22.3 Å². The predicted molar refractivity (Wildman–Crippen MR) is 137 cm³/mol. The van der Waals surface area contributed by atoms with Crippen LogP contribution < -0.4 is 5.32 Å². The quantitative estimate of drug-likeness (QED) is 0.430. The summed E-state index contributed by atoms with van der Waals surface area (Å²) in [5, 5.41) is 3.44. The van der Waals surface area contributed by atoms with Gasteiger partial charge in [-0.25, -0.2) is 0 Å². The van der Waals surface area contributed by atoms with Crippen LogP contribution in [0, 0.1) is 6.92 Å². The van der Waals surface area contributed by atoms with Crippen molar-refractivity contribution in [3.63, 3.8) is 0 Å². The molecule has 3 aromatic rings. The van der Waals surface area contributed by atoms with E-state index in [1.54, 1.807) is 11.9 Å². The normalized spacial score (nSPS) is 11.6. The molecule has 0 aromatic heterocycles. The van der Waals surface area contributed by atoms with Gasteiger partial charge in [-0.15, -0.1) is 11.8 Å². The van der Waals surface area contributed by atoms with Gasteiger partial charge in [-0.3, -0.25) is 9.59 Å². The maximum Gasteiger partial charge on any atom is 0.242 e. The molecule has 3 aromatic carbocycles. The van der Waals surface area contributed by atoms with E-state index in [9.17, 15) is 9.59 Å². The van der Waals surface area contributed by atoms with Crippen molar-refractivity contribution >= 4 is 35.2 Å². The number of halogens is 1. The van der Waals surface area contributed by atoms with Crippen LogP contribution in [-0.2, 0) is 28.3 Å².